The van der Waals surface area contributed by atoms with E-state index in [1.54, 1.807) is 4.68 Å². The Hall–Kier alpha value is -3.41. The lowest BCUT2D eigenvalue weighted by atomic mass is 9.95. The number of hydrogen-bond acceptors (Lipinski definition) is 4. The lowest BCUT2D eigenvalue weighted by Gasteiger charge is -2.28. The molecule has 0 aliphatic carbocycles. The second-order valence-corrected chi connectivity index (χ2v) is 6.27. The largest absolute Gasteiger partial charge is 0.328 e. The van der Waals surface area contributed by atoms with Crippen molar-refractivity contribution in [2.24, 2.45) is 0 Å². The van der Waals surface area contributed by atoms with Crippen LogP contribution >= 0.6 is 0 Å². The minimum atomic E-state index is -0.334. The van der Waals surface area contributed by atoms with Gasteiger partial charge in [0.2, 0.25) is 5.95 Å². The normalized spacial score (nSPS) is 16.0. The third-order valence-electron chi connectivity index (χ3n) is 4.55. The van der Waals surface area contributed by atoms with Gasteiger partial charge in [-0.15, -0.1) is 0 Å². The highest BCUT2D eigenvalue weighted by atomic mass is 16.1. The SMILES string of the molecule is CC1=C(C(=O)Nc2ccccc2C)[C@H](c2ccccc2)n2ncnc2N1. The Kier molecular flexibility index (Phi) is 4.01. The number of fused-ring (bicyclic) bond motifs is 1. The molecule has 2 aromatic carbocycles. The van der Waals surface area contributed by atoms with Crippen LogP contribution in [0.1, 0.15) is 24.1 Å². The quantitative estimate of drug-likeness (QED) is 0.762. The fraction of sp³-hybridized carbons (Fsp3) is 0.150. The van der Waals surface area contributed by atoms with Gasteiger partial charge in [0.05, 0.1) is 5.57 Å². The van der Waals surface area contributed by atoms with Gasteiger partial charge >= 0.3 is 0 Å². The second kappa shape index (κ2) is 6.48. The number of para-hydroxylation sites is 1. The Morgan fingerprint density at radius 2 is 1.81 bits per heavy atom. The summed E-state index contributed by atoms with van der Waals surface area (Å²) in [5.74, 6) is 0.475. The van der Waals surface area contributed by atoms with Crippen molar-refractivity contribution < 1.29 is 4.79 Å². The topological polar surface area (TPSA) is 71.8 Å². The molecule has 0 bridgehead atoms. The van der Waals surface area contributed by atoms with Crippen LogP contribution < -0.4 is 10.6 Å². The summed E-state index contributed by atoms with van der Waals surface area (Å²) >= 11 is 0. The summed E-state index contributed by atoms with van der Waals surface area (Å²) in [6.45, 7) is 3.86. The van der Waals surface area contributed by atoms with Crippen LogP contribution in [-0.4, -0.2) is 20.7 Å². The Morgan fingerprint density at radius 1 is 1.08 bits per heavy atom. The lowest BCUT2D eigenvalue weighted by Crippen LogP contribution is -2.31. The number of nitrogens with zero attached hydrogens (tertiary/aromatic N) is 3. The van der Waals surface area contributed by atoms with Crippen molar-refractivity contribution in [2.75, 3.05) is 10.6 Å². The summed E-state index contributed by atoms with van der Waals surface area (Å²) in [6.07, 6.45) is 1.49. The highest BCUT2D eigenvalue weighted by molar-refractivity contribution is 6.06. The van der Waals surface area contributed by atoms with Gasteiger partial charge in [-0.25, -0.2) is 4.68 Å². The zero-order valence-corrected chi connectivity index (χ0v) is 14.6. The van der Waals surface area contributed by atoms with Crippen LogP contribution in [0.5, 0.6) is 0 Å². The maximum atomic E-state index is 13.2. The molecule has 0 unspecified atom stereocenters. The van der Waals surface area contributed by atoms with Gasteiger partial charge < -0.3 is 10.6 Å². The van der Waals surface area contributed by atoms with Crippen LogP contribution in [-0.2, 0) is 4.79 Å². The van der Waals surface area contributed by atoms with Crippen LogP contribution in [0.3, 0.4) is 0 Å². The second-order valence-electron chi connectivity index (χ2n) is 6.27. The summed E-state index contributed by atoms with van der Waals surface area (Å²) in [7, 11) is 0. The number of benzene rings is 2. The molecule has 0 radical (unpaired) electrons. The molecule has 0 saturated heterocycles. The summed E-state index contributed by atoms with van der Waals surface area (Å²) in [5, 5.41) is 10.5. The Morgan fingerprint density at radius 3 is 2.58 bits per heavy atom. The van der Waals surface area contributed by atoms with Gasteiger partial charge in [-0.05, 0) is 31.0 Å². The van der Waals surface area contributed by atoms with Gasteiger partial charge in [0.1, 0.15) is 12.4 Å². The summed E-state index contributed by atoms with van der Waals surface area (Å²) in [4.78, 5) is 17.4. The number of nitrogens with one attached hydrogen (secondary N) is 2. The van der Waals surface area contributed by atoms with Crippen molar-refractivity contribution in [3.63, 3.8) is 0 Å². The molecule has 4 rings (SSSR count). The molecule has 3 aromatic rings. The predicted molar refractivity (Wildman–Crippen MR) is 101 cm³/mol. The first-order chi connectivity index (χ1) is 12.6. The van der Waals surface area contributed by atoms with Crippen molar-refractivity contribution in [1.29, 1.82) is 0 Å². The van der Waals surface area contributed by atoms with Crippen molar-refractivity contribution in [3.8, 4) is 0 Å². The first-order valence-corrected chi connectivity index (χ1v) is 8.44. The van der Waals surface area contributed by atoms with Crippen molar-refractivity contribution in [3.05, 3.63) is 83.3 Å². The fourth-order valence-corrected chi connectivity index (χ4v) is 3.23. The Bertz CT molecular complexity index is 990. The standard InChI is InChI=1S/C20H19N5O/c1-13-8-6-7-11-16(13)24-19(26)17-14(2)23-20-21-12-22-25(20)18(17)15-9-4-3-5-10-15/h3-12,18H,1-2H3,(H,24,26)(H,21,22,23)/t18-/m0/s1. The van der Waals surface area contributed by atoms with Crippen LogP contribution in [0.2, 0.25) is 0 Å². The van der Waals surface area contributed by atoms with Gasteiger partial charge in [0, 0.05) is 11.4 Å². The molecular weight excluding hydrogens is 326 g/mol. The number of carbonyl (C=O) groups is 1. The predicted octanol–water partition coefficient (Wildman–Crippen LogP) is 3.51. The van der Waals surface area contributed by atoms with Crippen LogP contribution in [0.15, 0.2) is 72.2 Å². The first kappa shape index (κ1) is 16.1. The third-order valence-corrected chi connectivity index (χ3v) is 4.55. The van der Waals surface area contributed by atoms with E-state index in [4.69, 9.17) is 0 Å². The molecule has 1 aliphatic heterocycles. The first-order valence-electron chi connectivity index (χ1n) is 8.44. The van der Waals surface area contributed by atoms with Gasteiger partial charge in [0.15, 0.2) is 0 Å². The van der Waals surface area contributed by atoms with Gasteiger partial charge in [-0.3, -0.25) is 4.79 Å². The fourth-order valence-electron chi connectivity index (χ4n) is 3.23. The zero-order chi connectivity index (χ0) is 18.1. The van der Waals surface area contributed by atoms with Crippen LogP contribution in [0, 0.1) is 6.92 Å². The monoisotopic (exact) mass is 345 g/mol. The number of rotatable bonds is 3. The van der Waals surface area contributed by atoms with E-state index in [9.17, 15) is 4.79 Å². The van der Waals surface area contributed by atoms with Crippen molar-refractivity contribution in [1.82, 2.24) is 14.8 Å². The number of amides is 1. The van der Waals surface area contributed by atoms with Crippen LogP contribution in [0.25, 0.3) is 0 Å². The molecule has 6 nitrogen and oxygen atoms in total. The van der Waals surface area contributed by atoms with Gasteiger partial charge in [-0.1, -0.05) is 48.5 Å². The van der Waals surface area contributed by atoms with E-state index >= 15 is 0 Å². The van der Waals surface area contributed by atoms with Crippen LogP contribution in [0.4, 0.5) is 11.6 Å². The van der Waals surface area contributed by atoms with Gasteiger partial charge in [0.25, 0.3) is 5.91 Å². The molecule has 2 heterocycles. The van der Waals surface area contributed by atoms with E-state index in [1.165, 1.54) is 6.33 Å². The molecule has 0 fully saturated rings. The minimum Gasteiger partial charge on any atom is -0.328 e. The average molecular weight is 345 g/mol. The number of hydrogen-bond donors (Lipinski definition) is 2. The Labute approximate surface area is 151 Å². The summed E-state index contributed by atoms with van der Waals surface area (Å²) in [5.41, 5.74) is 4.19. The lowest BCUT2D eigenvalue weighted by molar-refractivity contribution is -0.113. The molecular formula is C20H19N5O. The van der Waals surface area contributed by atoms with E-state index in [1.807, 2.05) is 68.4 Å². The molecule has 1 atom stereocenters. The molecule has 1 aliphatic rings. The third kappa shape index (κ3) is 2.75. The molecule has 26 heavy (non-hydrogen) atoms. The van der Waals surface area contributed by atoms with Crippen molar-refractivity contribution in [2.45, 2.75) is 19.9 Å². The number of aromatic nitrogens is 3. The van der Waals surface area contributed by atoms with E-state index in [0.29, 0.717) is 11.5 Å². The summed E-state index contributed by atoms with van der Waals surface area (Å²) in [6, 6.07) is 17.3. The molecule has 130 valence electrons. The van der Waals surface area contributed by atoms with Crippen molar-refractivity contribution >= 4 is 17.5 Å². The zero-order valence-electron chi connectivity index (χ0n) is 14.6. The molecule has 2 N–H and O–H groups in total. The molecule has 0 saturated carbocycles. The molecule has 1 amide bonds. The molecule has 6 heteroatoms. The summed E-state index contributed by atoms with van der Waals surface area (Å²) < 4.78 is 1.75. The molecule has 1 aromatic heterocycles. The number of aryl methyl sites for hydroxylation is 1. The average Bonchev–Trinajstić information content (AvgIpc) is 3.11. The van der Waals surface area contributed by atoms with Gasteiger partial charge in [-0.2, -0.15) is 10.1 Å². The van der Waals surface area contributed by atoms with E-state index in [2.05, 4.69) is 20.7 Å². The number of allylic oxidation sites excluding steroid dienone is 1. The number of anilines is 2. The maximum Gasteiger partial charge on any atom is 0.255 e. The Balaban J connectivity index is 1.77. The molecule has 0 spiro atoms. The van der Waals surface area contributed by atoms with E-state index < -0.39 is 0 Å². The highest BCUT2D eigenvalue weighted by Gasteiger charge is 2.33. The highest BCUT2D eigenvalue weighted by Crippen LogP contribution is 2.35. The smallest absolute Gasteiger partial charge is 0.255 e. The van der Waals surface area contributed by atoms with E-state index in [0.717, 1.165) is 22.5 Å². The number of carbonyl (C=O) groups excluding carboxylic acids is 1. The minimum absolute atomic E-state index is 0.153. The van der Waals surface area contributed by atoms with E-state index in [-0.39, 0.29) is 11.9 Å². The maximum absolute atomic E-state index is 13.2.